The molecular formula is C16H17ClF2N2S. The summed E-state index contributed by atoms with van der Waals surface area (Å²) in [7, 11) is 0. The summed E-state index contributed by atoms with van der Waals surface area (Å²) in [6, 6.07) is 6.02. The quantitative estimate of drug-likeness (QED) is 0.910. The molecule has 2 N–H and O–H groups in total. The molecule has 2 aromatic rings. The Labute approximate surface area is 137 Å². The van der Waals surface area contributed by atoms with Crippen LogP contribution < -0.4 is 10.6 Å². The monoisotopic (exact) mass is 342 g/mol. The zero-order valence-electron chi connectivity index (χ0n) is 11.9. The first-order chi connectivity index (χ1) is 10.5. The molecule has 0 bridgehead atoms. The summed E-state index contributed by atoms with van der Waals surface area (Å²) < 4.78 is 27.3. The fourth-order valence-corrected chi connectivity index (χ4v) is 3.99. The van der Waals surface area contributed by atoms with Gasteiger partial charge in [0.15, 0.2) is 11.6 Å². The standard InChI is InChI=1S/C16H17ClF2N2S/c17-16-5-11(9-22-16)3-10-4-12(20)8-21(7-10)13-1-2-14(18)15(19)6-13/h1-2,5-6,9-10,12H,3-4,7-8,20H2. The van der Waals surface area contributed by atoms with Gasteiger partial charge in [-0.1, -0.05) is 11.6 Å². The lowest BCUT2D eigenvalue weighted by Gasteiger charge is -2.38. The lowest BCUT2D eigenvalue weighted by Crippen LogP contribution is -2.47. The Kier molecular flexibility index (Phi) is 4.66. The van der Waals surface area contributed by atoms with E-state index in [1.807, 2.05) is 11.0 Å². The highest BCUT2D eigenvalue weighted by molar-refractivity contribution is 7.14. The second-order valence-electron chi connectivity index (χ2n) is 5.83. The number of piperidine rings is 1. The average Bonchev–Trinajstić information content (AvgIpc) is 2.86. The Morgan fingerprint density at radius 1 is 1.23 bits per heavy atom. The summed E-state index contributed by atoms with van der Waals surface area (Å²) in [5.41, 5.74) is 8.04. The van der Waals surface area contributed by atoms with Gasteiger partial charge in [0.1, 0.15) is 0 Å². The van der Waals surface area contributed by atoms with Crippen LogP contribution in [0.25, 0.3) is 0 Å². The molecular weight excluding hydrogens is 326 g/mol. The highest BCUT2D eigenvalue weighted by Crippen LogP contribution is 2.28. The summed E-state index contributed by atoms with van der Waals surface area (Å²) in [5, 5.41) is 2.06. The van der Waals surface area contributed by atoms with Crippen molar-refractivity contribution < 1.29 is 8.78 Å². The van der Waals surface area contributed by atoms with E-state index in [4.69, 9.17) is 17.3 Å². The molecule has 1 aromatic heterocycles. The zero-order valence-corrected chi connectivity index (χ0v) is 13.5. The van der Waals surface area contributed by atoms with E-state index < -0.39 is 11.6 Å². The SMILES string of the molecule is NC1CC(Cc2csc(Cl)c2)CN(c2ccc(F)c(F)c2)C1. The number of benzene rings is 1. The summed E-state index contributed by atoms with van der Waals surface area (Å²) >= 11 is 7.49. The van der Waals surface area contributed by atoms with E-state index >= 15 is 0 Å². The molecule has 6 heteroatoms. The van der Waals surface area contributed by atoms with Gasteiger partial charge < -0.3 is 10.6 Å². The topological polar surface area (TPSA) is 29.3 Å². The number of anilines is 1. The van der Waals surface area contributed by atoms with Crippen molar-refractivity contribution in [3.8, 4) is 0 Å². The molecule has 0 aliphatic carbocycles. The van der Waals surface area contributed by atoms with Gasteiger partial charge in [-0.25, -0.2) is 8.78 Å². The van der Waals surface area contributed by atoms with Crippen LogP contribution in [-0.2, 0) is 6.42 Å². The van der Waals surface area contributed by atoms with Gasteiger partial charge >= 0.3 is 0 Å². The molecule has 22 heavy (non-hydrogen) atoms. The molecule has 0 saturated carbocycles. The van der Waals surface area contributed by atoms with Crippen LogP contribution in [0.1, 0.15) is 12.0 Å². The van der Waals surface area contributed by atoms with Crippen LogP contribution in [0.15, 0.2) is 29.6 Å². The normalized spacial score (nSPS) is 22.1. The van der Waals surface area contributed by atoms with E-state index in [1.54, 1.807) is 6.07 Å². The third-order valence-electron chi connectivity index (χ3n) is 3.98. The first kappa shape index (κ1) is 15.7. The number of hydrogen-bond acceptors (Lipinski definition) is 3. The summed E-state index contributed by atoms with van der Waals surface area (Å²) in [5.74, 6) is -1.27. The number of rotatable bonds is 3. The molecule has 0 spiro atoms. The van der Waals surface area contributed by atoms with Crippen LogP contribution in [0.5, 0.6) is 0 Å². The van der Waals surface area contributed by atoms with Crippen LogP contribution >= 0.6 is 22.9 Å². The highest BCUT2D eigenvalue weighted by atomic mass is 35.5. The maximum atomic E-state index is 13.4. The summed E-state index contributed by atoms with van der Waals surface area (Å²) in [6.07, 6.45) is 1.82. The molecule has 2 atom stereocenters. The third-order valence-corrected chi connectivity index (χ3v) is 5.12. The Bertz CT molecular complexity index is 661. The van der Waals surface area contributed by atoms with Crippen molar-refractivity contribution in [2.24, 2.45) is 11.7 Å². The first-order valence-electron chi connectivity index (χ1n) is 7.20. The Balaban J connectivity index is 1.73. The number of hydrogen-bond donors (Lipinski definition) is 1. The van der Waals surface area contributed by atoms with Gasteiger partial charge in [-0.15, -0.1) is 11.3 Å². The van der Waals surface area contributed by atoms with Crippen LogP contribution in [0, 0.1) is 17.6 Å². The van der Waals surface area contributed by atoms with E-state index in [2.05, 4.69) is 5.38 Å². The Morgan fingerprint density at radius 3 is 2.73 bits per heavy atom. The molecule has 2 unspecified atom stereocenters. The van der Waals surface area contributed by atoms with Gasteiger partial charge in [-0.05, 0) is 47.9 Å². The largest absolute Gasteiger partial charge is 0.370 e. The third kappa shape index (κ3) is 3.59. The Hall–Kier alpha value is -1.17. The number of nitrogens with zero attached hydrogens (tertiary/aromatic N) is 1. The van der Waals surface area contributed by atoms with E-state index in [0.29, 0.717) is 18.2 Å². The molecule has 1 saturated heterocycles. The second kappa shape index (κ2) is 6.52. The van der Waals surface area contributed by atoms with E-state index in [-0.39, 0.29) is 6.04 Å². The lowest BCUT2D eigenvalue weighted by molar-refractivity contribution is 0.374. The predicted octanol–water partition coefficient (Wildman–Crippen LogP) is 4.08. The van der Waals surface area contributed by atoms with Gasteiger partial charge in [0, 0.05) is 30.9 Å². The summed E-state index contributed by atoms with van der Waals surface area (Å²) in [4.78, 5) is 2.04. The number of halogens is 3. The van der Waals surface area contributed by atoms with Crippen molar-refractivity contribution in [1.82, 2.24) is 0 Å². The van der Waals surface area contributed by atoms with Crippen molar-refractivity contribution >= 4 is 28.6 Å². The van der Waals surface area contributed by atoms with Gasteiger partial charge in [0.2, 0.25) is 0 Å². The minimum atomic E-state index is -0.825. The van der Waals surface area contributed by atoms with Crippen molar-refractivity contribution in [1.29, 1.82) is 0 Å². The fourth-order valence-electron chi connectivity index (χ4n) is 3.07. The molecule has 1 aromatic carbocycles. The van der Waals surface area contributed by atoms with Crippen molar-refractivity contribution in [3.63, 3.8) is 0 Å². The summed E-state index contributed by atoms with van der Waals surface area (Å²) in [6.45, 7) is 1.44. The maximum Gasteiger partial charge on any atom is 0.160 e. The van der Waals surface area contributed by atoms with E-state index in [0.717, 1.165) is 23.7 Å². The zero-order chi connectivity index (χ0) is 15.7. The molecule has 3 rings (SSSR count). The molecule has 2 heterocycles. The maximum absolute atomic E-state index is 13.4. The fraction of sp³-hybridized carbons (Fsp3) is 0.375. The van der Waals surface area contributed by atoms with Crippen molar-refractivity contribution in [2.75, 3.05) is 18.0 Å². The molecule has 1 aliphatic rings. The first-order valence-corrected chi connectivity index (χ1v) is 8.45. The Morgan fingerprint density at radius 2 is 2.05 bits per heavy atom. The van der Waals surface area contributed by atoms with E-state index in [1.165, 1.54) is 29.0 Å². The lowest BCUT2D eigenvalue weighted by atomic mass is 9.89. The number of nitrogens with two attached hydrogens (primary N) is 1. The highest BCUT2D eigenvalue weighted by Gasteiger charge is 2.26. The van der Waals surface area contributed by atoms with Crippen LogP contribution in [-0.4, -0.2) is 19.1 Å². The molecule has 118 valence electrons. The minimum absolute atomic E-state index is 0.0287. The molecule has 1 fully saturated rings. The minimum Gasteiger partial charge on any atom is -0.370 e. The average molecular weight is 343 g/mol. The molecule has 2 nitrogen and oxygen atoms in total. The van der Waals surface area contributed by atoms with Crippen LogP contribution in [0.3, 0.4) is 0 Å². The smallest absolute Gasteiger partial charge is 0.160 e. The van der Waals surface area contributed by atoms with Crippen LogP contribution in [0.2, 0.25) is 4.34 Å². The van der Waals surface area contributed by atoms with Gasteiger partial charge in [0.25, 0.3) is 0 Å². The van der Waals surface area contributed by atoms with Gasteiger partial charge in [-0.2, -0.15) is 0 Å². The molecule has 0 radical (unpaired) electrons. The molecule has 0 amide bonds. The van der Waals surface area contributed by atoms with Crippen LogP contribution in [0.4, 0.5) is 14.5 Å². The molecule has 1 aliphatic heterocycles. The second-order valence-corrected chi connectivity index (χ2v) is 7.37. The predicted molar refractivity (Wildman–Crippen MR) is 87.7 cm³/mol. The van der Waals surface area contributed by atoms with Gasteiger partial charge in [-0.3, -0.25) is 0 Å². The number of thiophene rings is 1. The van der Waals surface area contributed by atoms with Crippen molar-refractivity contribution in [3.05, 3.63) is 51.2 Å². The van der Waals surface area contributed by atoms with E-state index in [9.17, 15) is 8.78 Å². The van der Waals surface area contributed by atoms with Gasteiger partial charge in [0.05, 0.1) is 4.34 Å². The van der Waals surface area contributed by atoms with Crippen molar-refractivity contribution in [2.45, 2.75) is 18.9 Å².